The Hall–Kier alpha value is -2.40. The highest BCUT2D eigenvalue weighted by atomic mass is 16.3. The summed E-state index contributed by atoms with van der Waals surface area (Å²) in [5.74, 6) is 0. The van der Waals surface area contributed by atoms with Crippen molar-refractivity contribution < 1.29 is 5.11 Å². The monoisotopic (exact) mass is 255 g/mol. The Labute approximate surface area is 109 Å². The average molecular weight is 255 g/mol. The molecule has 0 fully saturated rings. The van der Waals surface area contributed by atoms with Gasteiger partial charge in [-0.3, -0.25) is 4.79 Å². The average Bonchev–Trinajstić information content (AvgIpc) is 2.92. The number of aliphatic hydroxyl groups is 1. The van der Waals surface area contributed by atoms with Gasteiger partial charge in [0.1, 0.15) is 5.52 Å². The van der Waals surface area contributed by atoms with E-state index in [4.69, 9.17) is 5.11 Å². The van der Waals surface area contributed by atoms with Crippen LogP contribution in [0.15, 0.2) is 53.7 Å². The Morgan fingerprint density at radius 3 is 2.53 bits per heavy atom. The van der Waals surface area contributed by atoms with Crippen molar-refractivity contribution in [2.75, 3.05) is 0 Å². The van der Waals surface area contributed by atoms with Crippen LogP contribution >= 0.6 is 0 Å². The molecule has 3 rings (SSSR count). The predicted molar refractivity (Wildman–Crippen MR) is 70.9 cm³/mol. The van der Waals surface area contributed by atoms with E-state index in [1.165, 1.54) is 0 Å². The van der Waals surface area contributed by atoms with Gasteiger partial charge in [0.2, 0.25) is 0 Å². The SMILES string of the molecule is O=c1c2ccnn2ccn1Cc1ccc(CO)cc1. The van der Waals surface area contributed by atoms with Crippen LogP contribution in [0.25, 0.3) is 5.52 Å². The van der Waals surface area contributed by atoms with E-state index in [9.17, 15) is 4.79 Å². The molecule has 0 amide bonds. The van der Waals surface area contributed by atoms with E-state index < -0.39 is 0 Å². The molecule has 0 aliphatic rings. The Kier molecular flexibility index (Phi) is 2.89. The summed E-state index contributed by atoms with van der Waals surface area (Å²) < 4.78 is 3.21. The number of hydrogen-bond donors (Lipinski definition) is 1. The molecule has 96 valence electrons. The maximum absolute atomic E-state index is 12.2. The molecular weight excluding hydrogens is 242 g/mol. The molecule has 19 heavy (non-hydrogen) atoms. The van der Waals surface area contributed by atoms with Crippen LogP contribution in [0, 0.1) is 0 Å². The molecule has 0 bridgehead atoms. The zero-order chi connectivity index (χ0) is 13.2. The minimum absolute atomic E-state index is 0.0298. The van der Waals surface area contributed by atoms with E-state index >= 15 is 0 Å². The van der Waals surface area contributed by atoms with Crippen LogP contribution in [-0.2, 0) is 13.2 Å². The Morgan fingerprint density at radius 2 is 1.79 bits per heavy atom. The molecule has 0 saturated carbocycles. The Balaban J connectivity index is 1.95. The van der Waals surface area contributed by atoms with Crippen molar-refractivity contribution in [3.8, 4) is 0 Å². The third-order valence-corrected chi connectivity index (χ3v) is 3.10. The van der Waals surface area contributed by atoms with Gasteiger partial charge >= 0.3 is 0 Å². The smallest absolute Gasteiger partial charge is 0.276 e. The maximum atomic E-state index is 12.2. The zero-order valence-electron chi connectivity index (χ0n) is 10.2. The molecule has 0 spiro atoms. The van der Waals surface area contributed by atoms with Gasteiger partial charge in [0.25, 0.3) is 5.56 Å². The summed E-state index contributed by atoms with van der Waals surface area (Å²) in [6.07, 6.45) is 5.10. The minimum Gasteiger partial charge on any atom is -0.392 e. The predicted octanol–water partition coefficient (Wildman–Crippen LogP) is 1.04. The first kappa shape index (κ1) is 11.7. The van der Waals surface area contributed by atoms with Crippen molar-refractivity contribution in [1.82, 2.24) is 14.2 Å². The van der Waals surface area contributed by atoms with Crippen molar-refractivity contribution in [1.29, 1.82) is 0 Å². The molecule has 2 aromatic heterocycles. The van der Waals surface area contributed by atoms with Gasteiger partial charge in [-0.15, -0.1) is 0 Å². The second-order valence-corrected chi connectivity index (χ2v) is 4.37. The summed E-state index contributed by atoms with van der Waals surface area (Å²) in [6, 6.07) is 9.25. The normalized spacial score (nSPS) is 11.0. The molecular formula is C14H13N3O2. The van der Waals surface area contributed by atoms with E-state index in [0.717, 1.165) is 11.1 Å². The summed E-state index contributed by atoms with van der Waals surface area (Å²) in [6.45, 7) is 0.536. The summed E-state index contributed by atoms with van der Waals surface area (Å²) in [4.78, 5) is 12.2. The van der Waals surface area contributed by atoms with Crippen molar-refractivity contribution in [3.05, 3.63) is 70.4 Å². The lowest BCUT2D eigenvalue weighted by Crippen LogP contribution is -2.21. The lowest BCUT2D eigenvalue weighted by atomic mass is 10.1. The van der Waals surface area contributed by atoms with Gasteiger partial charge in [0.05, 0.1) is 19.3 Å². The molecule has 3 aromatic rings. The van der Waals surface area contributed by atoms with Gasteiger partial charge in [-0.25, -0.2) is 4.52 Å². The topological polar surface area (TPSA) is 59.5 Å². The van der Waals surface area contributed by atoms with Crippen LogP contribution in [-0.4, -0.2) is 19.3 Å². The van der Waals surface area contributed by atoms with E-state index in [-0.39, 0.29) is 12.2 Å². The van der Waals surface area contributed by atoms with Crippen LogP contribution in [0.4, 0.5) is 0 Å². The van der Waals surface area contributed by atoms with E-state index in [1.807, 2.05) is 24.3 Å². The largest absolute Gasteiger partial charge is 0.392 e. The van der Waals surface area contributed by atoms with Crippen molar-refractivity contribution in [2.45, 2.75) is 13.2 Å². The Bertz CT molecular complexity index is 756. The molecule has 5 heteroatoms. The Morgan fingerprint density at radius 1 is 1.05 bits per heavy atom. The highest BCUT2D eigenvalue weighted by Crippen LogP contribution is 2.06. The number of rotatable bonds is 3. The highest BCUT2D eigenvalue weighted by Gasteiger charge is 2.03. The summed E-state index contributed by atoms with van der Waals surface area (Å²) in [5, 5.41) is 13.0. The second kappa shape index (κ2) is 4.70. The van der Waals surface area contributed by atoms with Crippen molar-refractivity contribution in [2.24, 2.45) is 0 Å². The van der Waals surface area contributed by atoms with Gasteiger partial charge in [0.15, 0.2) is 0 Å². The summed E-state index contributed by atoms with van der Waals surface area (Å²) in [7, 11) is 0. The van der Waals surface area contributed by atoms with Crippen molar-refractivity contribution >= 4 is 5.52 Å². The fourth-order valence-electron chi connectivity index (χ4n) is 2.03. The fraction of sp³-hybridized carbons (Fsp3) is 0.143. The number of fused-ring (bicyclic) bond motifs is 1. The summed E-state index contributed by atoms with van der Waals surface area (Å²) in [5.41, 5.74) is 2.38. The van der Waals surface area contributed by atoms with Gasteiger partial charge in [-0.05, 0) is 17.2 Å². The van der Waals surface area contributed by atoms with Crippen LogP contribution in [0.3, 0.4) is 0 Å². The van der Waals surface area contributed by atoms with Gasteiger partial charge in [-0.1, -0.05) is 24.3 Å². The number of benzene rings is 1. The highest BCUT2D eigenvalue weighted by molar-refractivity contribution is 5.42. The lowest BCUT2D eigenvalue weighted by Gasteiger charge is -2.06. The van der Waals surface area contributed by atoms with Gasteiger partial charge in [-0.2, -0.15) is 5.10 Å². The van der Waals surface area contributed by atoms with Crippen LogP contribution in [0.1, 0.15) is 11.1 Å². The number of nitrogens with zero attached hydrogens (tertiary/aromatic N) is 3. The quantitative estimate of drug-likeness (QED) is 0.760. The molecule has 0 aliphatic carbocycles. The van der Waals surface area contributed by atoms with Gasteiger partial charge in [0, 0.05) is 12.4 Å². The molecule has 1 aromatic carbocycles. The first-order valence-electron chi connectivity index (χ1n) is 5.99. The lowest BCUT2D eigenvalue weighted by molar-refractivity contribution is 0.282. The van der Waals surface area contributed by atoms with Crippen LogP contribution in [0.2, 0.25) is 0 Å². The summed E-state index contributed by atoms with van der Waals surface area (Å²) >= 11 is 0. The minimum atomic E-state index is -0.0637. The molecule has 5 nitrogen and oxygen atoms in total. The van der Waals surface area contributed by atoms with Gasteiger partial charge < -0.3 is 9.67 Å². The molecule has 0 radical (unpaired) electrons. The molecule has 1 N–H and O–H groups in total. The molecule has 0 atom stereocenters. The zero-order valence-corrected chi connectivity index (χ0v) is 10.2. The fourth-order valence-corrected chi connectivity index (χ4v) is 2.03. The number of aliphatic hydroxyl groups excluding tert-OH is 1. The maximum Gasteiger partial charge on any atom is 0.276 e. The molecule has 2 heterocycles. The van der Waals surface area contributed by atoms with Crippen LogP contribution < -0.4 is 5.56 Å². The first-order chi connectivity index (χ1) is 9.28. The second-order valence-electron chi connectivity index (χ2n) is 4.37. The van der Waals surface area contributed by atoms with Crippen molar-refractivity contribution in [3.63, 3.8) is 0 Å². The molecule has 0 unspecified atom stereocenters. The third kappa shape index (κ3) is 2.15. The van der Waals surface area contributed by atoms with Crippen LogP contribution in [0.5, 0.6) is 0 Å². The van der Waals surface area contributed by atoms with E-state index in [0.29, 0.717) is 12.1 Å². The number of hydrogen-bond acceptors (Lipinski definition) is 3. The molecule has 0 saturated heterocycles. The van der Waals surface area contributed by atoms with E-state index in [1.54, 1.807) is 33.7 Å². The standard InChI is InChI=1S/C14H13N3O2/c18-10-12-3-1-11(2-4-12)9-16-7-8-17-13(14(16)19)5-6-15-17/h1-8,18H,9-10H2. The number of aromatic nitrogens is 3. The van der Waals surface area contributed by atoms with E-state index in [2.05, 4.69) is 5.10 Å². The molecule has 0 aliphatic heterocycles. The first-order valence-corrected chi connectivity index (χ1v) is 5.99. The third-order valence-electron chi connectivity index (χ3n) is 3.10.